The Morgan fingerprint density at radius 2 is 2.27 bits per heavy atom. The second-order valence-corrected chi connectivity index (χ2v) is 3.13. The number of nitrogens with one attached hydrogen (secondary N) is 1. The van der Waals surface area contributed by atoms with Gasteiger partial charge in [-0.3, -0.25) is 10.2 Å². The summed E-state index contributed by atoms with van der Waals surface area (Å²) in [4.78, 5) is 2.32. The van der Waals surface area contributed by atoms with Crippen LogP contribution in [-0.2, 0) is 0 Å². The molecule has 1 saturated heterocycles. The number of hydrogen-bond donors (Lipinski definition) is 2. The Balaban J connectivity index is 2.40. The van der Waals surface area contributed by atoms with Gasteiger partial charge in [0.25, 0.3) is 0 Å². The van der Waals surface area contributed by atoms with E-state index in [-0.39, 0.29) is 6.29 Å². The molecule has 0 amide bonds. The molecule has 11 heavy (non-hydrogen) atoms. The lowest BCUT2D eigenvalue weighted by molar-refractivity contribution is 0.195. The summed E-state index contributed by atoms with van der Waals surface area (Å²) in [7, 11) is 0. The first-order valence-electron chi connectivity index (χ1n) is 4.54. The second-order valence-electron chi connectivity index (χ2n) is 3.13. The second kappa shape index (κ2) is 4.04. The maximum absolute atomic E-state index is 5.82. The molecule has 1 rings (SSSR count). The molecule has 0 bridgehead atoms. The Hall–Kier alpha value is -0.120. The van der Waals surface area contributed by atoms with Crippen molar-refractivity contribution in [3.05, 3.63) is 0 Å². The first kappa shape index (κ1) is 8.97. The molecule has 0 saturated carbocycles. The molecule has 0 radical (unpaired) electrons. The van der Waals surface area contributed by atoms with Crippen LogP contribution in [-0.4, -0.2) is 30.3 Å². The van der Waals surface area contributed by atoms with E-state index in [1.54, 1.807) is 0 Å². The van der Waals surface area contributed by atoms with Crippen molar-refractivity contribution in [3.8, 4) is 0 Å². The highest BCUT2D eigenvalue weighted by atomic mass is 15.4. The average molecular weight is 157 g/mol. The molecule has 3 heteroatoms. The summed E-state index contributed by atoms with van der Waals surface area (Å²) in [6.45, 7) is 6.49. The predicted molar refractivity (Wildman–Crippen MR) is 47.1 cm³/mol. The van der Waals surface area contributed by atoms with Crippen molar-refractivity contribution >= 4 is 0 Å². The molecule has 0 aromatic rings. The Bertz CT molecular complexity index is 114. The largest absolute Gasteiger partial charge is 0.303 e. The molecular formula is C8H19N3. The fourth-order valence-electron chi connectivity index (χ4n) is 1.77. The van der Waals surface area contributed by atoms with Crippen LogP contribution >= 0.6 is 0 Å². The maximum atomic E-state index is 5.82. The normalized spacial score (nSPS) is 33.0. The molecule has 0 aliphatic carbocycles. The van der Waals surface area contributed by atoms with E-state index < -0.39 is 0 Å². The fourth-order valence-corrected chi connectivity index (χ4v) is 1.77. The minimum absolute atomic E-state index is 0.0940. The van der Waals surface area contributed by atoms with Crippen molar-refractivity contribution in [2.45, 2.75) is 39.0 Å². The van der Waals surface area contributed by atoms with Crippen LogP contribution in [0.15, 0.2) is 0 Å². The zero-order valence-corrected chi connectivity index (χ0v) is 7.51. The molecule has 66 valence electrons. The lowest BCUT2D eigenvalue weighted by atomic mass is 10.1. The smallest absolute Gasteiger partial charge is 0.112 e. The molecule has 0 aromatic heterocycles. The van der Waals surface area contributed by atoms with Gasteiger partial charge in [0.05, 0.1) is 0 Å². The van der Waals surface area contributed by atoms with Crippen molar-refractivity contribution < 1.29 is 0 Å². The summed E-state index contributed by atoms with van der Waals surface area (Å²) in [6, 6.07) is 0.667. The molecule has 3 nitrogen and oxygen atoms in total. The van der Waals surface area contributed by atoms with Gasteiger partial charge < -0.3 is 5.73 Å². The number of hydrogen-bond acceptors (Lipinski definition) is 3. The van der Waals surface area contributed by atoms with Crippen LogP contribution < -0.4 is 11.1 Å². The van der Waals surface area contributed by atoms with Crippen LogP contribution in [0.3, 0.4) is 0 Å². The Kier molecular flexibility index (Phi) is 3.30. The third kappa shape index (κ3) is 1.92. The van der Waals surface area contributed by atoms with Gasteiger partial charge >= 0.3 is 0 Å². The summed E-state index contributed by atoms with van der Waals surface area (Å²) in [5.74, 6) is 0. The van der Waals surface area contributed by atoms with E-state index in [1.807, 2.05) is 0 Å². The van der Waals surface area contributed by atoms with Crippen LogP contribution in [0.1, 0.15) is 26.7 Å². The van der Waals surface area contributed by atoms with Crippen molar-refractivity contribution in [1.29, 1.82) is 0 Å². The zero-order valence-electron chi connectivity index (χ0n) is 7.51. The molecule has 2 atom stereocenters. The Morgan fingerprint density at radius 1 is 1.55 bits per heavy atom. The van der Waals surface area contributed by atoms with Crippen molar-refractivity contribution in [1.82, 2.24) is 10.2 Å². The molecular weight excluding hydrogens is 138 g/mol. The highest BCUT2D eigenvalue weighted by molar-refractivity contribution is 4.82. The van der Waals surface area contributed by atoms with E-state index in [1.165, 1.54) is 12.8 Å². The highest BCUT2D eigenvalue weighted by Gasteiger charge is 2.27. The maximum Gasteiger partial charge on any atom is 0.112 e. The van der Waals surface area contributed by atoms with Crippen molar-refractivity contribution in [2.75, 3.05) is 13.1 Å². The quantitative estimate of drug-likeness (QED) is 0.620. The van der Waals surface area contributed by atoms with Gasteiger partial charge in [-0.1, -0.05) is 20.3 Å². The van der Waals surface area contributed by atoms with Crippen molar-refractivity contribution in [3.63, 3.8) is 0 Å². The van der Waals surface area contributed by atoms with Crippen LogP contribution in [0, 0.1) is 0 Å². The van der Waals surface area contributed by atoms with Gasteiger partial charge in [0.15, 0.2) is 0 Å². The monoisotopic (exact) mass is 157 g/mol. The van der Waals surface area contributed by atoms with Gasteiger partial charge in [-0.25, -0.2) is 0 Å². The van der Waals surface area contributed by atoms with Gasteiger partial charge in [0, 0.05) is 12.6 Å². The van der Waals surface area contributed by atoms with Crippen LogP contribution in [0.2, 0.25) is 0 Å². The van der Waals surface area contributed by atoms with Gasteiger partial charge in [-0.2, -0.15) is 0 Å². The number of nitrogens with zero attached hydrogens (tertiary/aromatic N) is 1. The van der Waals surface area contributed by atoms with Gasteiger partial charge in [-0.05, 0) is 13.0 Å². The SMILES string of the molecule is CCCC1CNC(N)N1CC. The topological polar surface area (TPSA) is 41.3 Å². The fraction of sp³-hybridized carbons (Fsp3) is 1.00. The number of nitrogens with two attached hydrogens (primary N) is 1. The zero-order chi connectivity index (χ0) is 8.27. The van der Waals surface area contributed by atoms with E-state index >= 15 is 0 Å². The first-order valence-corrected chi connectivity index (χ1v) is 4.54. The predicted octanol–water partition coefficient (Wildman–Crippen LogP) is 0.323. The minimum atomic E-state index is 0.0940. The third-order valence-electron chi connectivity index (χ3n) is 2.38. The molecule has 2 unspecified atom stereocenters. The summed E-state index contributed by atoms with van der Waals surface area (Å²) in [5.41, 5.74) is 5.82. The minimum Gasteiger partial charge on any atom is -0.303 e. The third-order valence-corrected chi connectivity index (χ3v) is 2.38. The van der Waals surface area contributed by atoms with Crippen LogP contribution in [0.5, 0.6) is 0 Å². The van der Waals surface area contributed by atoms with E-state index in [9.17, 15) is 0 Å². The molecule has 0 aromatic carbocycles. The molecule has 1 heterocycles. The highest BCUT2D eigenvalue weighted by Crippen LogP contribution is 2.12. The van der Waals surface area contributed by atoms with E-state index in [4.69, 9.17) is 5.73 Å². The summed E-state index contributed by atoms with van der Waals surface area (Å²) < 4.78 is 0. The molecule has 1 aliphatic rings. The van der Waals surface area contributed by atoms with E-state index in [0.29, 0.717) is 6.04 Å². The first-order chi connectivity index (χ1) is 5.29. The van der Waals surface area contributed by atoms with E-state index in [2.05, 4.69) is 24.1 Å². The van der Waals surface area contributed by atoms with Crippen LogP contribution in [0.25, 0.3) is 0 Å². The van der Waals surface area contributed by atoms with Crippen molar-refractivity contribution in [2.24, 2.45) is 5.73 Å². The summed E-state index contributed by atoms with van der Waals surface area (Å²) >= 11 is 0. The van der Waals surface area contributed by atoms with Gasteiger partial charge in [0.1, 0.15) is 6.29 Å². The Labute approximate surface area is 68.9 Å². The molecule has 1 fully saturated rings. The number of likely N-dealkylation sites (N-methyl/N-ethyl adjacent to an activating group) is 1. The lowest BCUT2D eigenvalue weighted by Crippen LogP contribution is -2.45. The lowest BCUT2D eigenvalue weighted by Gasteiger charge is -2.24. The summed E-state index contributed by atoms with van der Waals surface area (Å²) in [5, 5.41) is 3.26. The van der Waals surface area contributed by atoms with E-state index in [0.717, 1.165) is 13.1 Å². The van der Waals surface area contributed by atoms with Gasteiger partial charge in [-0.15, -0.1) is 0 Å². The molecule has 3 N–H and O–H groups in total. The summed E-state index contributed by atoms with van der Waals surface area (Å²) in [6.07, 6.45) is 2.60. The molecule has 0 spiro atoms. The average Bonchev–Trinajstić information content (AvgIpc) is 2.33. The standard InChI is InChI=1S/C8H19N3/c1-3-5-7-6-10-8(9)11(7)4-2/h7-8,10H,3-6,9H2,1-2H3. The Morgan fingerprint density at radius 3 is 2.82 bits per heavy atom. The van der Waals surface area contributed by atoms with Gasteiger partial charge in [0.2, 0.25) is 0 Å². The number of rotatable bonds is 3. The molecule has 1 aliphatic heterocycles. The van der Waals surface area contributed by atoms with Crippen LogP contribution in [0.4, 0.5) is 0 Å².